The highest BCUT2D eigenvalue weighted by Crippen LogP contribution is 2.43. The van der Waals surface area contributed by atoms with Gasteiger partial charge >= 0.3 is 5.97 Å². The number of ether oxygens (including phenoxy) is 3. The Morgan fingerprint density at radius 3 is 1.91 bits per heavy atom. The van der Waals surface area contributed by atoms with Gasteiger partial charge < -0.3 is 14.2 Å². The SMILES string of the molecule is O=C(O[C@H]1[C@H](F)[C@H](n2cnc3c(Cl)ncnc32)O[C@@H]1COC(c1ccccc1)(c1ccccc1)c1ccccc1)c1ccccc1. The Balaban J connectivity index is 1.29. The largest absolute Gasteiger partial charge is 0.453 e. The normalized spacial score (nSPS) is 19.7. The first-order valence-corrected chi connectivity index (χ1v) is 15.1. The lowest BCUT2D eigenvalue weighted by atomic mass is 9.80. The summed E-state index contributed by atoms with van der Waals surface area (Å²) < 4.78 is 37.2. The Morgan fingerprint density at radius 1 is 0.804 bits per heavy atom. The van der Waals surface area contributed by atoms with E-state index in [2.05, 4.69) is 15.0 Å². The van der Waals surface area contributed by atoms with E-state index in [0.29, 0.717) is 5.52 Å². The van der Waals surface area contributed by atoms with Gasteiger partial charge in [-0.25, -0.2) is 24.1 Å². The van der Waals surface area contributed by atoms with Crippen LogP contribution < -0.4 is 0 Å². The molecule has 2 aromatic heterocycles. The number of hydrogen-bond donors (Lipinski definition) is 0. The molecule has 1 aliphatic rings. The summed E-state index contributed by atoms with van der Waals surface area (Å²) in [4.78, 5) is 25.8. The average Bonchev–Trinajstić information content (AvgIpc) is 3.68. The van der Waals surface area contributed by atoms with Gasteiger partial charge in [0.15, 0.2) is 29.3 Å². The van der Waals surface area contributed by atoms with E-state index in [1.165, 1.54) is 17.2 Å². The van der Waals surface area contributed by atoms with Crippen molar-refractivity contribution in [2.75, 3.05) is 6.61 Å². The van der Waals surface area contributed by atoms with Crippen molar-refractivity contribution in [2.45, 2.75) is 30.2 Å². The molecule has 0 saturated carbocycles. The summed E-state index contributed by atoms with van der Waals surface area (Å²) in [5.41, 5.74) is 2.37. The van der Waals surface area contributed by atoms with E-state index in [-0.39, 0.29) is 23.0 Å². The molecule has 230 valence electrons. The predicted octanol–water partition coefficient (Wildman–Crippen LogP) is 6.95. The number of carbonyl (C=O) groups is 1. The molecule has 10 heteroatoms. The van der Waals surface area contributed by atoms with E-state index in [1.54, 1.807) is 30.3 Å². The van der Waals surface area contributed by atoms with Crippen molar-refractivity contribution in [3.63, 3.8) is 0 Å². The molecule has 0 bridgehead atoms. The van der Waals surface area contributed by atoms with Crippen molar-refractivity contribution in [1.29, 1.82) is 0 Å². The number of carbonyl (C=O) groups excluding carboxylic acids is 1. The summed E-state index contributed by atoms with van der Waals surface area (Å²) in [5, 5.41) is 0.127. The highest BCUT2D eigenvalue weighted by atomic mass is 35.5. The molecule has 4 aromatic carbocycles. The van der Waals surface area contributed by atoms with Crippen LogP contribution in [-0.4, -0.2) is 50.5 Å². The van der Waals surface area contributed by atoms with Crippen LogP contribution in [0.25, 0.3) is 11.2 Å². The second kappa shape index (κ2) is 12.8. The predicted molar refractivity (Wildman–Crippen MR) is 170 cm³/mol. The zero-order valence-electron chi connectivity index (χ0n) is 24.4. The van der Waals surface area contributed by atoms with Gasteiger partial charge in [0.05, 0.1) is 18.5 Å². The zero-order chi connectivity index (χ0) is 31.5. The van der Waals surface area contributed by atoms with E-state index in [1.807, 2.05) is 91.0 Å². The smallest absolute Gasteiger partial charge is 0.338 e. The van der Waals surface area contributed by atoms with Crippen molar-refractivity contribution in [1.82, 2.24) is 19.5 Å². The fraction of sp³-hybridized carbons (Fsp3) is 0.167. The van der Waals surface area contributed by atoms with Crippen molar-refractivity contribution in [3.8, 4) is 0 Å². The third-order valence-corrected chi connectivity index (χ3v) is 8.39. The molecule has 7 rings (SSSR count). The van der Waals surface area contributed by atoms with Crippen molar-refractivity contribution < 1.29 is 23.4 Å². The van der Waals surface area contributed by atoms with Crippen molar-refractivity contribution in [3.05, 3.63) is 161 Å². The molecule has 1 fully saturated rings. The highest BCUT2D eigenvalue weighted by Gasteiger charge is 2.51. The number of rotatable bonds is 9. The van der Waals surface area contributed by atoms with Crippen LogP contribution in [0.2, 0.25) is 5.15 Å². The number of esters is 1. The molecule has 0 unspecified atom stereocenters. The summed E-state index contributed by atoms with van der Waals surface area (Å²) in [6, 6.07) is 37.9. The van der Waals surface area contributed by atoms with Gasteiger partial charge in [0.1, 0.15) is 23.5 Å². The van der Waals surface area contributed by atoms with E-state index in [9.17, 15) is 4.79 Å². The number of benzene rings is 4. The van der Waals surface area contributed by atoms with Gasteiger partial charge in [-0.2, -0.15) is 0 Å². The third kappa shape index (κ3) is 5.43. The molecule has 8 nitrogen and oxygen atoms in total. The van der Waals surface area contributed by atoms with Crippen LogP contribution in [0.1, 0.15) is 33.3 Å². The second-order valence-corrected chi connectivity index (χ2v) is 11.2. The molecule has 3 heterocycles. The summed E-state index contributed by atoms with van der Waals surface area (Å²) in [7, 11) is 0. The van der Waals surface area contributed by atoms with Crippen LogP contribution in [0.4, 0.5) is 4.39 Å². The maximum Gasteiger partial charge on any atom is 0.338 e. The van der Waals surface area contributed by atoms with E-state index >= 15 is 4.39 Å². The van der Waals surface area contributed by atoms with Crippen LogP contribution in [-0.2, 0) is 19.8 Å². The van der Waals surface area contributed by atoms with Gasteiger partial charge in [-0.05, 0) is 28.8 Å². The topological polar surface area (TPSA) is 88.4 Å². The van der Waals surface area contributed by atoms with Gasteiger partial charge in [-0.15, -0.1) is 0 Å². The molecule has 0 spiro atoms. The lowest BCUT2D eigenvalue weighted by molar-refractivity contribution is -0.0957. The molecule has 0 aliphatic carbocycles. The molecule has 0 amide bonds. The Morgan fingerprint density at radius 2 is 1.35 bits per heavy atom. The quantitative estimate of drug-likeness (QED) is 0.0966. The number of hydrogen-bond acceptors (Lipinski definition) is 7. The molecule has 1 aliphatic heterocycles. The molecule has 0 radical (unpaired) electrons. The maximum absolute atomic E-state index is 16.6. The zero-order valence-corrected chi connectivity index (χ0v) is 25.2. The lowest BCUT2D eigenvalue weighted by Gasteiger charge is -2.37. The van der Waals surface area contributed by atoms with E-state index < -0.39 is 36.2 Å². The van der Waals surface area contributed by atoms with Crippen LogP contribution in [0.15, 0.2) is 134 Å². The summed E-state index contributed by atoms with van der Waals surface area (Å²) >= 11 is 6.23. The number of fused-ring (bicyclic) bond motifs is 1. The molecule has 0 N–H and O–H groups in total. The first-order chi connectivity index (χ1) is 22.6. The van der Waals surface area contributed by atoms with Gasteiger partial charge in [-0.1, -0.05) is 121 Å². The minimum absolute atomic E-state index is 0.127. The molecular weight excluding hydrogens is 607 g/mol. The van der Waals surface area contributed by atoms with Gasteiger partial charge in [0, 0.05) is 0 Å². The molecule has 4 atom stereocenters. The van der Waals surface area contributed by atoms with Crippen LogP contribution in [0, 0.1) is 0 Å². The number of nitrogens with zero attached hydrogens (tertiary/aromatic N) is 4. The van der Waals surface area contributed by atoms with Crippen LogP contribution >= 0.6 is 11.6 Å². The fourth-order valence-electron chi connectivity index (χ4n) is 5.94. The third-order valence-electron chi connectivity index (χ3n) is 8.11. The monoisotopic (exact) mass is 634 g/mol. The highest BCUT2D eigenvalue weighted by molar-refractivity contribution is 6.33. The number of imidazole rings is 1. The standard InChI is InChI=1S/C36H28ClFN4O4/c37-32-30-33(40-22-39-32)42(23-41-30)34-29(38)31(46-35(43)24-13-5-1-6-14-24)28(45-34)21-44-36(25-15-7-2-8-16-25,26-17-9-3-10-18-26)27-19-11-4-12-20-27/h1-20,22-23,28-29,31,34H,21H2/t28-,29+,31-,34-/m1/s1. The first-order valence-electron chi connectivity index (χ1n) is 14.8. The Kier molecular flexibility index (Phi) is 8.28. The second-order valence-electron chi connectivity index (χ2n) is 10.8. The maximum atomic E-state index is 16.6. The Hall–Kier alpha value is -4.96. The van der Waals surface area contributed by atoms with Crippen LogP contribution in [0.3, 0.4) is 0 Å². The van der Waals surface area contributed by atoms with Crippen molar-refractivity contribution >= 4 is 28.7 Å². The average molecular weight is 635 g/mol. The minimum Gasteiger partial charge on any atom is -0.453 e. The lowest BCUT2D eigenvalue weighted by Crippen LogP contribution is -2.41. The number of alkyl halides is 1. The summed E-state index contributed by atoms with van der Waals surface area (Å²) in [6.45, 7) is -0.134. The number of aromatic nitrogens is 4. The van der Waals surface area contributed by atoms with Crippen molar-refractivity contribution in [2.24, 2.45) is 0 Å². The first kappa shape index (κ1) is 29.7. The molecule has 46 heavy (non-hydrogen) atoms. The molecule has 1 saturated heterocycles. The van der Waals surface area contributed by atoms with Gasteiger partial charge in [-0.3, -0.25) is 4.57 Å². The fourth-order valence-corrected chi connectivity index (χ4v) is 6.12. The molecule has 6 aromatic rings. The van der Waals surface area contributed by atoms with Gasteiger partial charge in [0.25, 0.3) is 0 Å². The molecular formula is C36H28ClFN4O4. The van der Waals surface area contributed by atoms with Crippen LogP contribution in [0.5, 0.6) is 0 Å². The summed E-state index contributed by atoms with van der Waals surface area (Å²) in [5.74, 6) is -0.677. The van der Waals surface area contributed by atoms with Gasteiger partial charge in [0.2, 0.25) is 0 Å². The van der Waals surface area contributed by atoms with E-state index in [4.69, 9.17) is 25.8 Å². The summed E-state index contributed by atoms with van der Waals surface area (Å²) in [6.07, 6.45) is -2.72. The Labute approximate surface area is 269 Å². The van der Waals surface area contributed by atoms with E-state index in [0.717, 1.165) is 16.7 Å². The number of halogens is 2. The Bertz CT molecular complexity index is 1830. The minimum atomic E-state index is -1.80.